The van der Waals surface area contributed by atoms with E-state index >= 15 is 0 Å². The summed E-state index contributed by atoms with van der Waals surface area (Å²) in [5.41, 5.74) is 1.10. The number of furan rings is 2. The second-order valence-corrected chi connectivity index (χ2v) is 4.85. The molecule has 0 aliphatic rings. The highest BCUT2D eigenvalue weighted by molar-refractivity contribution is 6.04. The van der Waals surface area contributed by atoms with E-state index in [1.54, 1.807) is 54.6 Å². The molecule has 2 amide bonds. The van der Waals surface area contributed by atoms with E-state index in [0.717, 1.165) is 0 Å². The van der Waals surface area contributed by atoms with Crippen LogP contribution in [0.1, 0.15) is 16.3 Å². The molecule has 2 N–H and O–H groups in total. The first-order valence-electron chi connectivity index (χ1n) is 7.18. The molecule has 0 atom stereocenters. The summed E-state index contributed by atoms with van der Waals surface area (Å²) < 4.78 is 10.1. The first-order chi connectivity index (χ1) is 11.7. The number of nitrogens with one attached hydrogen (secondary N) is 2. The maximum Gasteiger partial charge on any atom is 0.291 e. The van der Waals surface area contributed by atoms with Gasteiger partial charge in [-0.1, -0.05) is 6.07 Å². The lowest BCUT2D eigenvalue weighted by Crippen LogP contribution is -2.12. The molecule has 2 aromatic heterocycles. The Morgan fingerprint density at radius 3 is 2.33 bits per heavy atom. The van der Waals surface area contributed by atoms with Gasteiger partial charge in [0.2, 0.25) is 5.91 Å². The average Bonchev–Trinajstić information content (AvgIpc) is 3.27. The largest absolute Gasteiger partial charge is 0.465 e. The summed E-state index contributed by atoms with van der Waals surface area (Å²) >= 11 is 0. The van der Waals surface area contributed by atoms with Crippen molar-refractivity contribution in [3.8, 4) is 0 Å². The predicted molar refractivity (Wildman–Crippen MR) is 89.5 cm³/mol. The minimum atomic E-state index is -0.360. The maximum absolute atomic E-state index is 11.9. The van der Waals surface area contributed by atoms with Gasteiger partial charge in [0.1, 0.15) is 5.76 Å². The smallest absolute Gasteiger partial charge is 0.291 e. The summed E-state index contributed by atoms with van der Waals surface area (Å²) in [6.45, 7) is 0. The third kappa shape index (κ3) is 4.01. The summed E-state index contributed by atoms with van der Waals surface area (Å²) in [5, 5.41) is 5.41. The van der Waals surface area contributed by atoms with E-state index in [2.05, 4.69) is 10.6 Å². The van der Waals surface area contributed by atoms with Crippen LogP contribution in [0.3, 0.4) is 0 Å². The van der Waals surface area contributed by atoms with Gasteiger partial charge in [0.15, 0.2) is 5.76 Å². The molecule has 1 aromatic carbocycles. The summed E-state index contributed by atoms with van der Waals surface area (Å²) in [7, 11) is 0. The molecule has 0 unspecified atom stereocenters. The van der Waals surface area contributed by atoms with E-state index < -0.39 is 0 Å². The average molecular weight is 322 g/mol. The number of hydrogen-bond acceptors (Lipinski definition) is 4. The van der Waals surface area contributed by atoms with Crippen LogP contribution >= 0.6 is 0 Å². The van der Waals surface area contributed by atoms with Crippen molar-refractivity contribution in [1.29, 1.82) is 0 Å². The standard InChI is InChI=1S/C18H14N2O4/c21-17(9-8-15-6-2-10-23-15)19-13-4-1-5-14(12-13)20-18(22)16-7-3-11-24-16/h1-12H,(H,19,21)(H,20,22). The third-order valence-electron chi connectivity index (χ3n) is 3.08. The third-order valence-corrected chi connectivity index (χ3v) is 3.08. The fourth-order valence-corrected chi connectivity index (χ4v) is 2.00. The first kappa shape index (κ1) is 15.4. The Bertz CT molecular complexity index is 849. The molecule has 3 rings (SSSR count). The van der Waals surface area contributed by atoms with Crippen LogP contribution in [0.4, 0.5) is 11.4 Å². The van der Waals surface area contributed by atoms with Crippen molar-refractivity contribution >= 4 is 29.3 Å². The second-order valence-electron chi connectivity index (χ2n) is 4.85. The molecule has 2 heterocycles. The van der Waals surface area contributed by atoms with E-state index in [0.29, 0.717) is 17.1 Å². The van der Waals surface area contributed by atoms with Crippen LogP contribution < -0.4 is 10.6 Å². The zero-order valence-electron chi connectivity index (χ0n) is 12.6. The highest BCUT2D eigenvalue weighted by atomic mass is 16.3. The molecule has 120 valence electrons. The second kappa shape index (κ2) is 7.15. The molecular weight excluding hydrogens is 308 g/mol. The number of benzene rings is 1. The lowest BCUT2D eigenvalue weighted by Gasteiger charge is -2.06. The fourth-order valence-electron chi connectivity index (χ4n) is 2.00. The van der Waals surface area contributed by atoms with Gasteiger partial charge in [0.25, 0.3) is 5.91 Å². The molecule has 6 nitrogen and oxygen atoms in total. The van der Waals surface area contributed by atoms with Gasteiger partial charge in [-0.15, -0.1) is 0 Å². The van der Waals surface area contributed by atoms with E-state index in [-0.39, 0.29) is 17.6 Å². The Labute approximate surface area is 137 Å². The number of amides is 2. The molecule has 6 heteroatoms. The van der Waals surface area contributed by atoms with Crippen molar-refractivity contribution in [2.45, 2.75) is 0 Å². The van der Waals surface area contributed by atoms with Gasteiger partial charge >= 0.3 is 0 Å². The van der Waals surface area contributed by atoms with Crippen LogP contribution in [0.5, 0.6) is 0 Å². The Hall–Kier alpha value is -3.54. The van der Waals surface area contributed by atoms with Gasteiger partial charge in [-0.05, 0) is 48.5 Å². The van der Waals surface area contributed by atoms with Crippen molar-refractivity contribution in [2.75, 3.05) is 10.6 Å². The van der Waals surface area contributed by atoms with E-state index in [1.807, 2.05) is 0 Å². The lowest BCUT2D eigenvalue weighted by molar-refractivity contribution is -0.111. The predicted octanol–water partition coefficient (Wildman–Crippen LogP) is 3.78. The van der Waals surface area contributed by atoms with Crippen LogP contribution in [0, 0.1) is 0 Å². The van der Waals surface area contributed by atoms with Crippen LogP contribution in [0.25, 0.3) is 6.08 Å². The van der Waals surface area contributed by atoms with E-state index in [1.165, 1.54) is 18.6 Å². The Balaban J connectivity index is 1.62. The molecule has 0 fully saturated rings. The van der Waals surface area contributed by atoms with Crippen molar-refractivity contribution < 1.29 is 18.4 Å². The quantitative estimate of drug-likeness (QED) is 0.700. The monoisotopic (exact) mass is 322 g/mol. The van der Waals surface area contributed by atoms with Gasteiger partial charge in [-0.2, -0.15) is 0 Å². The molecule has 0 aliphatic heterocycles. The van der Waals surface area contributed by atoms with Crippen LogP contribution in [0.2, 0.25) is 0 Å². The molecule has 3 aromatic rings. The number of hydrogen-bond donors (Lipinski definition) is 2. The summed E-state index contributed by atoms with van der Waals surface area (Å²) in [4.78, 5) is 23.8. The van der Waals surface area contributed by atoms with E-state index in [4.69, 9.17) is 8.83 Å². The first-order valence-corrected chi connectivity index (χ1v) is 7.18. The van der Waals surface area contributed by atoms with Gasteiger partial charge < -0.3 is 19.5 Å². The summed E-state index contributed by atoms with van der Waals surface area (Å²) in [6.07, 6.45) is 5.89. The molecule has 0 saturated heterocycles. The number of carbonyl (C=O) groups is 2. The normalized spacial score (nSPS) is 10.7. The molecule has 0 aliphatic carbocycles. The molecule has 0 spiro atoms. The highest BCUT2D eigenvalue weighted by Crippen LogP contribution is 2.16. The van der Waals surface area contributed by atoms with Gasteiger partial charge in [-0.25, -0.2) is 0 Å². The highest BCUT2D eigenvalue weighted by Gasteiger charge is 2.09. The molecular formula is C18H14N2O4. The van der Waals surface area contributed by atoms with Crippen molar-refractivity contribution in [3.05, 3.63) is 78.7 Å². The number of anilines is 2. The molecule has 0 saturated carbocycles. The topological polar surface area (TPSA) is 84.5 Å². The summed E-state index contributed by atoms with van der Waals surface area (Å²) in [6, 6.07) is 13.5. The number of carbonyl (C=O) groups excluding carboxylic acids is 2. The Kier molecular flexibility index (Phi) is 4.57. The van der Waals surface area contributed by atoms with Crippen LogP contribution in [0.15, 0.2) is 76.0 Å². The Morgan fingerprint density at radius 2 is 1.62 bits per heavy atom. The molecule has 0 radical (unpaired) electrons. The van der Waals surface area contributed by atoms with Crippen molar-refractivity contribution in [3.63, 3.8) is 0 Å². The van der Waals surface area contributed by atoms with Crippen LogP contribution in [-0.2, 0) is 4.79 Å². The molecule has 0 bridgehead atoms. The lowest BCUT2D eigenvalue weighted by atomic mass is 10.2. The van der Waals surface area contributed by atoms with Gasteiger partial charge in [0.05, 0.1) is 12.5 Å². The summed E-state index contributed by atoms with van der Waals surface area (Å²) in [5.74, 6) is 0.137. The van der Waals surface area contributed by atoms with E-state index in [9.17, 15) is 9.59 Å². The van der Waals surface area contributed by atoms with Crippen molar-refractivity contribution in [2.24, 2.45) is 0 Å². The number of rotatable bonds is 5. The molecule has 24 heavy (non-hydrogen) atoms. The zero-order chi connectivity index (χ0) is 16.8. The zero-order valence-corrected chi connectivity index (χ0v) is 12.6. The fraction of sp³-hybridized carbons (Fsp3) is 0. The minimum Gasteiger partial charge on any atom is -0.465 e. The maximum atomic E-state index is 11.9. The van der Waals surface area contributed by atoms with Gasteiger partial charge in [-0.3, -0.25) is 9.59 Å². The van der Waals surface area contributed by atoms with Crippen LogP contribution in [-0.4, -0.2) is 11.8 Å². The SMILES string of the molecule is O=C(C=Cc1ccco1)Nc1cccc(NC(=O)c2ccco2)c1. The Morgan fingerprint density at radius 1 is 0.875 bits per heavy atom. The van der Waals surface area contributed by atoms with Crippen molar-refractivity contribution in [1.82, 2.24) is 0 Å². The van der Waals surface area contributed by atoms with Gasteiger partial charge in [0, 0.05) is 17.5 Å². The minimum absolute atomic E-state index is 0.214.